The number of hydrogen-bond donors (Lipinski definition) is 4. The molecule has 4 atom stereocenters. The van der Waals surface area contributed by atoms with E-state index in [1.54, 1.807) is 0 Å². The van der Waals surface area contributed by atoms with E-state index in [4.69, 9.17) is 0 Å². The molecule has 6 rings (SSSR count). The molecule has 0 aliphatic carbocycles. The van der Waals surface area contributed by atoms with Crippen molar-refractivity contribution in [3.05, 3.63) is 0 Å². The Hall–Kier alpha value is -0.240. The Kier molecular flexibility index (Phi) is 6.79. The van der Waals surface area contributed by atoms with Gasteiger partial charge in [0.1, 0.15) is 0 Å². The molecule has 0 aromatic heterocycles. The van der Waals surface area contributed by atoms with Crippen molar-refractivity contribution in [1.82, 2.24) is 31.3 Å². The summed E-state index contributed by atoms with van der Waals surface area (Å²) in [4.78, 5) is 0. The van der Waals surface area contributed by atoms with Crippen LogP contribution in [0.15, 0.2) is 0 Å². The van der Waals surface area contributed by atoms with E-state index < -0.39 is 0 Å². The molecular weight excluding hydrogens is 408 g/mol. The van der Waals surface area contributed by atoms with Gasteiger partial charge in [-0.3, -0.25) is 0 Å². The maximum absolute atomic E-state index is 4.34. The van der Waals surface area contributed by atoms with Crippen molar-refractivity contribution in [1.29, 1.82) is 0 Å². The molecule has 0 saturated carbocycles. The van der Waals surface area contributed by atoms with Gasteiger partial charge in [-0.05, 0) is 109 Å². The quantitative estimate of drug-likeness (QED) is 0.510. The van der Waals surface area contributed by atoms with Gasteiger partial charge in [-0.15, -0.1) is 0 Å². The lowest BCUT2D eigenvalue weighted by molar-refractivity contribution is -0.118. The van der Waals surface area contributed by atoms with Gasteiger partial charge in [0.2, 0.25) is 0 Å². The molecule has 0 aromatic rings. The molecule has 6 heterocycles. The molecule has 4 unspecified atom stereocenters. The SMILES string of the molecule is C1CNCC2(C1)CCCN(N1CCCC3(CCCC(C4CCCC5(CCNCC5)N4)N3)C1)C2. The summed E-state index contributed by atoms with van der Waals surface area (Å²) in [6, 6.07) is 1.34. The number of rotatable bonds is 2. The predicted molar refractivity (Wildman–Crippen MR) is 135 cm³/mol. The highest BCUT2D eigenvalue weighted by Crippen LogP contribution is 2.40. The topological polar surface area (TPSA) is 54.6 Å². The molecule has 188 valence electrons. The van der Waals surface area contributed by atoms with Crippen LogP contribution in [0.1, 0.15) is 89.9 Å². The molecule has 6 nitrogen and oxygen atoms in total. The lowest BCUT2D eigenvalue weighted by atomic mass is 9.74. The maximum atomic E-state index is 4.34. The molecule has 6 aliphatic rings. The molecule has 6 aliphatic heterocycles. The molecule has 33 heavy (non-hydrogen) atoms. The Morgan fingerprint density at radius 2 is 1.18 bits per heavy atom. The molecule has 3 spiro atoms. The number of nitrogens with one attached hydrogen (secondary N) is 4. The standard InChI is InChI=1S/C27H50N6/c1-6-23(30-26(10-1)13-16-28-17-14-26)24-7-2-11-27(31-24)12-5-19-33(22-27)32-18-4-9-25(21-32)8-3-15-29-20-25/h23-24,28-31H,1-22H2. The first-order valence-electron chi connectivity index (χ1n) is 14.6. The zero-order valence-electron chi connectivity index (χ0n) is 21.1. The first-order valence-corrected chi connectivity index (χ1v) is 14.6. The van der Waals surface area contributed by atoms with Gasteiger partial charge in [0.05, 0.1) is 0 Å². The maximum Gasteiger partial charge on any atom is 0.0326 e. The van der Waals surface area contributed by atoms with E-state index in [1.807, 2.05) is 0 Å². The van der Waals surface area contributed by atoms with Crippen LogP contribution in [0.2, 0.25) is 0 Å². The Bertz CT molecular complexity index is 588. The molecule has 4 N–H and O–H groups in total. The lowest BCUT2D eigenvalue weighted by Gasteiger charge is -2.56. The summed E-state index contributed by atoms with van der Waals surface area (Å²) in [6.07, 6.45) is 19.3. The zero-order chi connectivity index (χ0) is 22.2. The van der Waals surface area contributed by atoms with Gasteiger partial charge in [-0.25, -0.2) is 10.0 Å². The minimum Gasteiger partial charge on any atom is -0.317 e. The second-order valence-corrected chi connectivity index (χ2v) is 12.9. The van der Waals surface area contributed by atoms with Crippen molar-refractivity contribution in [2.75, 3.05) is 52.4 Å². The summed E-state index contributed by atoms with van der Waals surface area (Å²) in [6.45, 7) is 9.96. The van der Waals surface area contributed by atoms with Crippen LogP contribution in [0, 0.1) is 5.41 Å². The van der Waals surface area contributed by atoms with E-state index in [9.17, 15) is 0 Å². The van der Waals surface area contributed by atoms with E-state index in [-0.39, 0.29) is 0 Å². The summed E-state index contributed by atoms with van der Waals surface area (Å²) < 4.78 is 0. The van der Waals surface area contributed by atoms with Crippen molar-refractivity contribution < 1.29 is 0 Å². The van der Waals surface area contributed by atoms with Gasteiger partial charge in [0.25, 0.3) is 0 Å². The van der Waals surface area contributed by atoms with Crippen molar-refractivity contribution in [2.24, 2.45) is 5.41 Å². The highest BCUT2D eigenvalue weighted by molar-refractivity contribution is 5.06. The summed E-state index contributed by atoms with van der Waals surface area (Å²) in [5.41, 5.74) is 1.31. The third kappa shape index (κ3) is 4.90. The van der Waals surface area contributed by atoms with Gasteiger partial charge in [-0.2, -0.15) is 0 Å². The second-order valence-electron chi connectivity index (χ2n) is 12.9. The largest absolute Gasteiger partial charge is 0.317 e. The predicted octanol–water partition coefficient (Wildman–Crippen LogP) is 2.61. The number of hydrazine groups is 1. The summed E-state index contributed by atoms with van der Waals surface area (Å²) in [5.74, 6) is 0. The number of nitrogens with zero attached hydrogens (tertiary/aromatic N) is 2. The van der Waals surface area contributed by atoms with Crippen LogP contribution in [0.4, 0.5) is 0 Å². The fourth-order valence-corrected chi connectivity index (χ4v) is 8.77. The fourth-order valence-electron chi connectivity index (χ4n) is 8.77. The lowest BCUT2D eigenvalue weighted by Crippen LogP contribution is -2.70. The molecule has 6 saturated heterocycles. The van der Waals surface area contributed by atoms with E-state index in [1.165, 1.54) is 142 Å². The van der Waals surface area contributed by atoms with Gasteiger partial charge >= 0.3 is 0 Å². The first kappa shape index (κ1) is 23.2. The van der Waals surface area contributed by atoms with Crippen LogP contribution < -0.4 is 21.3 Å². The Balaban J connectivity index is 1.11. The third-order valence-electron chi connectivity index (χ3n) is 10.5. The summed E-state index contributed by atoms with van der Waals surface area (Å²) in [5, 5.41) is 21.5. The van der Waals surface area contributed by atoms with Gasteiger partial charge in [0.15, 0.2) is 0 Å². The highest BCUT2D eigenvalue weighted by Gasteiger charge is 2.46. The minimum absolute atomic E-state index is 0.344. The van der Waals surface area contributed by atoms with Crippen LogP contribution in [0.3, 0.4) is 0 Å². The van der Waals surface area contributed by atoms with E-state index in [0.717, 1.165) is 0 Å². The Morgan fingerprint density at radius 1 is 0.545 bits per heavy atom. The second kappa shape index (κ2) is 9.67. The third-order valence-corrected chi connectivity index (χ3v) is 10.5. The number of hydrogen-bond acceptors (Lipinski definition) is 6. The van der Waals surface area contributed by atoms with Crippen molar-refractivity contribution in [2.45, 2.75) is 113 Å². The Morgan fingerprint density at radius 3 is 1.94 bits per heavy atom. The molecule has 0 radical (unpaired) electrons. The number of piperidine rings is 6. The van der Waals surface area contributed by atoms with Crippen LogP contribution in [0.25, 0.3) is 0 Å². The molecule has 6 heteroatoms. The van der Waals surface area contributed by atoms with E-state index >= 15 is 0 Å². The monoisotopic (exact) mass is 458 g/mol. The highest BCUT2D eigenvalue weighted by atomic mass is 15.6. The van der Waals surface area contributed by atoms with Gasteiger partial charge in [-0.1, -0.05) is 6.42 Å². The van der Waals surface area contributed by atoms with Crippen LogP contribution >= 0.6 is 0 Å². The van der Waals surface area contributed by atoms with Gasteiger partial charge < -0.3 is 21.3 Å². The average Bonchev–Trinajstić information content (AvgIpc) is 2.85. The minimum atomic E-state index is 0.344. The van der Waals surface area contributed by atoms with E-state index in [0.29, 0.717) is 28.6 Å². The molecule has 0 aromatic carbocycles. The van der Waals surface area contributed by atoms with Gasteiger partial charge in [0, 0.05) is 55.9 Å². The fraction of sp³-hybridized carbons (Fsp3) is 1.00. The van der Waals surface area contributed by atoms with Crippen LogP contribution in [-0.2, 0) is 0 Å². The molecule has 6 fully saturated rings. The Labute approximate surface area is 202 Å². The smallest absolute Gasteiger partial charge is 0.0326 e. The summed E-state index contributed by atoms with van der Waals surface area (Å²) in [7, 11) is 0. The molecule has 0 amide bonds. The molecular formula is C27H50N6. The first-order chi connectivity index (χ1) is 16.2. The van der Waals surface area contributed by atoms with Crippen molar-refractivity contribution in [3.8, 4) is 0 Å². The summed E-state index contributed by atoms with van der Waals surface area (Å²) >= 11 is 0. The molecule has 0 bridgehead atoms. The van der Waals surface area contributed by atoms with Crippen molar-refractivity contribution >= 4 is 0 Å². The normalized spacial score (nSPS) is 43.3. The van der Waals surface area contributed by atoms with Crippen LogP contribution in [-0.4, -0.2) is 85.5 Å². The average molecular weight is 459 g/mol. The zero-order valence-corrected chi connectivity index (χ0v) is 21.1. The van der Waals surface area contributed by atoms with E-state index in [2.05, 4.69) is 31.3 Å². The van der Waals surface area contributed by atoms with Crippen LogP contribution in [0.5, 0.6) is 0 Å². The van der Waals surface area contributed by atoms with Crippen molar-refractivity contribution in [3.63, 3.8) is 0 Å².